The molecule has 0 aliphatic rings. The number of carbonyl (C=O) groups is 1. The highest BCUT2D eigenvalue weighted by Crippen LogP contribution is 2.20. The Balaban J connectivity index is 1.95. The van der Waals surface area contributed by atoms with E-state index in [1.54, 1.807) is 18.3 Å². The van der Waals surface area contributed by atoms with E-state index in [1.807, 2.05) is 31.2 Å². The van der Waals surface area contributed by atoms with Crippen LogP contribution in [0.3, 0.4) is 0 Å². The lowest BCUT2D eigenvalue weighted by Gasteiger charge is -2.07. The van der Waals surface area contributed by atoms with E-state index < -0.39 is 0 Å². The molecule has 0 saturated heterocycles. The first-order valence-electron chi connectivity index (χ1n) is 7.15. The minimum Gasteiger partial charge on any atom is -0.465 e. The smallest absolute Gasteiger partial charge is 0.337 e. The Labute approximate surface area is 139 Å². The van der Waals surface area contributed by atoms with Gasteiger partial charge in [-0.3, -0.25) is 9.97 Å². The predicted molar refractivity (Wildman–Crippen MR) is 89.9 cm³/mol. The highest BCUT2D eigenvalue weighted by atomic mass is 35.5. The van der Waals surface area contributed by atoms with Gasteiger partial charge in [0.2, 0.25) is 0 Å². The Hall–Kier alpha value is -2.46. The number of benzene rings is 1. The molecule has 23 heavy (non-hydrogen) atoms. The van der Waals surface area contributed by atoms with Crippen LogP contribution in [0.2, 0.25) is 5.02 Å². The lowest BCUT2D eigenvalue weighted by Crippen LogP contribution is -2.05. The number of nitrogens with zero attached hydrogens (tertiary/aromatic N) is 2. The minimum atomic E-state index is -0.355. The molecule has 0 amide bonds. The maximum absolute atomic E-state index is 11.7. The zero-order valence-corrected chi connectivity index (χ0v) is 13.6. The number of pyridine rings is 2. The third-order valence-electron chi connectivity index (χ3n) is 3.53. The average Bonchev–Trinajstić information content (AvgIpc) is 2.53. The monoisotopic (exact) mass is 326 g/mol. The second-order valence-electron chi connectivity index (χ2n) is 5.34. The Morgan fingerprint density at radius 2 is 2.04 bits per heavy atom. The van der Waals surface area contributed by atoms with Gasteiger partial charge in [0.25, 0.3) is 0 Å². The first kappa shape index (κ1) is 15.4. The third kappa shape index (κ3) is 3.48. The van der Waals surface area contributed by atoms with Crippen LogP contribution in [0.5, 0.6) is 0 Å². The van der Waals surface area contributed by atoms with E-state index in [4.69, 9.17) is 16.3 Å². The Bertz CT molecular complexity index is 893. The van der Waals surface area contributed by atoms with Crippen LogP contribution < -0.4 is 0 Å². The molecule has 0 fully saturated rings. The fraction of sp³-hybridized carbons (Fsp3) is 0.167. The van der Waals surface area contributed by atoms with Crippen LogP contribution in [0.1, 0.15) is 27.3 Å². The van der Waals surface area contributed by atoms with Crippen molar-refractivity contribution in [2.75, 3.05) is 7.11 Å². The van der Waals surface area contributed by atoms with Crippen LogP contribution in [-0.4, -0.2) is 23.0 Å². The molecule has 0 saturated carbocycles. The third-order valence-corrected chi connectivity index (χ3v) is 3.73. The zero-order valence-electron chi connectivity index (χ0n) is 12.8. The molecule has 2 heterocycles. The molecule has 4 nitrogen and oxygen atoms in total. The molecule has 0 bridgehead atoms. The maximum Gasteiger partial charge on any atom is 0.337 e. The zero-order chi connectivity index (χ0) is 16.4. The van der Waals surface area contributed by atoms with Crippen LogP contribution in [0.4, 0.5) is 0 Å². The lowest BCUT2D eigenvalue weighted by atomic mass is 10.0. The van der Waals surface area contributed by atoms with Crippen molar-refractivity contribution in [3.05, 3.63) is 70.1 Å². The summed E-state index contributed by atoms with van der Waals surface area (Å²) >= 11 is 6.00. The second kappa shape index (κ2) is 6.34. The lowest BCUT2D eigenvalue weighted by molar-refractivity contribution is 0.0600. The van der Waals surface area contributed by atoms with Gasteiger partial charge in [-0.1, -0.05) is 17.7 Å². The second-order valence-corrected chi connectivity index (χ2v) is 5.77. The molecule has 0 atom stereocenters. The summed E-state index contributed by atoms with van der Waals surface area (Å²) in [7, 11) is 1.37. The molecule has 0 N–H and O–H groups in total. The van der Waals surface area contributed by atoms with Gasteiger partial charge in [0.05, 0.1) is 23.2 Å². The average molecular weight is 327 g/mol. The molecule has 5 heteroatoms. The van der Waals surface area contributed by atoms with Gasteiger partial charge in [-0.05, 0) is 42.8 Å². The van der Waals surface area contributed by atoms with E-state index in [0.29, 0.717) is 17.0 Å². The molecule has 0 aliphatic heterocycles. The first-order chi connectivity index (χ1) is 11.0. The summed E-state index contributed by atoms with van der Waals surface area (Å²) in [6.45, 7) is 1.86. The van der Waals surface area contributed by atoms with Gasteiger partial charge in [0.15, 0.2) is 0 Å². The Morgan fingerprint density at radius 3 is 2.83 bits per heavy atom. The van der Waals surface area contributed by atoms with E-state index in [2.05, 4.69) is 9.97 Å². The number of hydrogen-bond acceptors (Lipinski definition) is 4. The van der Waals surface area contributed by atoms with E-state index in [9.17, 15) is 4.79 Å². The molecule has 0 aliphatic carbocycles. The molecule has 3 rings (SSSR count). The van der Waals surface area contributed by atoms with Gasteiger partial charge >= 0.3 is 5.97 Å². The van der Waals surface area contributed by atoms with E-state index >= 15 is 0 Å². The van der Waals surface area contributed by atoms with Gasteiger partial charge in [0.1, 0.15) is 0 Å². The number of ether oxygens (including phenoxy) is 1. The van der Waals surface area contributed by atoms with Gasteiger partial charge in [-0.2, -0.15) is 0 Å². The maximum atomic E-state index is 11.7. The van der Waals surface area contributed by atoms with Crippen molar-refractivity contribution >= 4 is 28.5 Å². The largest absolute Gasteiger partial charge is 0.465 e. The predicted octanol–water partition coefficient (Wildman–Crippen LogP) is 3.97. The summed E-state index contributed by atoms with van der Waals surface area (Å²) < 4.78 is 4.78. The van der Waals surface area contributed by atoms with Crippen molar-refractivity contribution in [3.8, 4) is 0 Å². The molecular weight excluding hydrogens is 312 g/mol. The minimum absolute atomic E-state index is 0.355. The van der Waals surface area contributed by atoms with Crippen molar-refractivity contribution in [3.63, 3.8) is 0 Å². The summed E-state index contributed by atoms with van der Waals surface area (Å²) in [5.74, 6) is -0.355. The summed E-state index contributed by atoms with van der Waals surface area (Å²) in [5, 5.41) is 1.59. The van der Waals surface area contributed by atoms with Gasteiger partial charge in [0, 0.05) is 29.4 Å². The molecule has 0 spiro atoms. The number of methoxy groups -OCH3 is 1. The standard InChI is InChI=1S/C18H15ClN2O2/c1-11-5-14(18(22)23-2)9-16(21-11)7-12-3-4-17-13(6-12)8-15(19)10-20-17/h3-6,8-10H,7H2,1-2H3. The quantitative estimate of drug-likeness (QED) is 0.683. The fourth-order valence-corrected chi connectivity index (χ4v) is 2.70. The highest BCUT2D eigenvalue weighted by molar-refractivity contribution is 6.31. The number of fused-ring (bicyclic) bond motifs is 1. The number of halogens is 1. The highest BCUT2D eigenvalue weighted by Gasteiger charge is 2.09. The number of aromatic nitrogens is 2. The SMILES string of the molecule is COC(=O)c1cc(C)nc(Cc2ccc3ncc(Cl)cc3c2)c1. The summed E-state index contributed by atoms with van der Waals surface area (Å²) in [6, 6.07) is 11.4. The molecule has 0 unspecified atom stereocenters. The molecular formula is C18H15ClN2O2. The van der Waals surface area contributed by atoms with Crippen molar-refractivity contribution in [1.29, 1.82) is 0 Å². The molecule has 1 aromatic carbocycles. The number of carbonyl (C=O) groups excluding carboxylic acids is 1. The van der Waals surface area contributed by atoms with Crippen molar-refractivity contribution < 1.29 is 9.53 Å². The van der Waals surface area contributed by atoms with Crippen LogP contribution in [0.25, 0.3) is 10.9 Å². The molecule has 0 radical (unpaired) electrons. The van der Waals surface area contributed by atoms with E-state index in [1.165, 1.54) is 7.11 Å². The van der Waals surface area contributed by atoms with Crippen molar-refractivity contribution in [2.24, 2.45) is 0 Å². The van der Waals surface area contributed by atoms with Crippen molar-refractivity contribution in [2.45, 2.75) is 13.3 Å². The molecule has 116 valence electrons. The van der Waals surface area contributed by atoms with Gasteiger partial charge < -0.3 is 4.74 Å². The van der Waals surface area contributed by atoms with Crippen LogP contribution in [0, 0.1) is 6.92 Å². The van der Waals surface area contributed by atoms with Crippen LogP contribution in [-0.2, 0) is 11.2 Å². The number of aryl methyl sites for hydroxylation is 1. The molecule has 2 aromatic heterocycles. The van der Waals surface area contributed by atoms with Crippen LogP contribution >= 0.6 is 11.6 Å². The van der Waals surface area contributed by atoms with E-state index in [-0.39, 0.29) is 5.97 Å². The van der Waals surface area contributed by atoms with Crippen LogP contribution in [0.15, 0.2) is 42.6 Å². The van der Waals surface area contributed by atoms with Crippen molar-refractivity contribution in [1.82, 2.24) is 9.97 Å². The Morgan fingerprint density at radius 1 is 1.22 bits per heavy atom. The normalized spacial score (nSPS) is 10.7. The number of esters is 1. The first-order valence-corrected chi connectivity index (χ1v) is 7.53. The van der Waals surface area contributed by atoms with Gasteiger partial charge in [-0.25, -0.2) is 4.79 Å². The number of hydrogen-bond donors (Lipinski definition) is 0. The fourth-order valence-electron chi connectivity index (χ4n) is 2.54. The topological polar surface area (TPSA) is 52.1 Å². The summed E-state index contributed by atoms with van der Waals surface area (Å²) in [5.41, 5.74) is 4.09. The molecule has 3 aromatic rings. The summed E-state index contributed by atoms with van der Waals surface area (Å²) in [6.07, 6.45) is 2.25. The van der Waals surface area contributed by atoms with E-state index in [0.717, 1.165) is 27.9 Å². The summed E-state index contributed by atoms with van der Waals surface area (Å²) in [4.78, 5) is 20.5. The number of rotatable bonds is 3. The Kier molecular flexibility index (Phi) is 4.26. The van der Waals surface area contributed by atoms with Gasteiger partial charge in [-0.15, -0.1) is 0 Å².